The van der Waals surface area contributed by atoms with E-state index in [1.807, 2.05) is 0 Å². The van der Waals surface area contributed by atoms with Gasteiger partial charge in [-0.25, -0.2) is 13.2 Å². The van der Waals surface area contributed by atoms with Gasteiger partial charge in [0.15, 0.2) is 9.84 Å². The summed E-state index contributed by atoms with van der Waals surface area (Å²) < 4.78 is 27.9. The van der Waals surface area contributed by atoms with Gasteiger partial charge in [-0.15, -0.1) is 0 Å². The molecule has 6 heteroatoms. The van der Waals surface area contributed by atoms with Crippen molar-refractivity contribution < 1.29 is 22.7 Å². The van der Waals surface area contributed by atoms with Crippen molar-refractivity contribution in [3.63, 3.8) is 0 Å². The minimum absolute atomic E-state index is 0.162. The lowest BCUT2D eigenvalue weighted by Gasteiger charge is -2.17. The molecule has 5 nitrogen and oxygen atoms in total. The summed E-state index contributed by atoms with van der Waals surface area (Å²) in [6.45, 7) is 6.35. The first-order valence-corrected chi connectivity index (χ1v) is 6.75. The number of carboxylic acids is 1. The zero-order chi connectivity index (χ0) is 13.4. The lowest BCUT2D eigenvalue weighted by atomic mass is 10.3. The average Bonchev–Trinajstić information content (AvgIpc) is 2.43. The molecule has 0 amide bonds. The number of sulfone groups is 1. The summed E-state index contributed by atoms with van der Waals surface area (Å²) in [6, 6.07) is 1.45. The first kappa shape index (κ1) is 13.8. The average molecular weight is 260 g/mol. The Bertz CT molecular complexity index is 531. The summed E-state index contributed by atoms with van der Waals surface area (Å²) in [5.74, 6) is -1.52. The second kappa shape index (κ2) is 4.18. The third-order valence-corrected chi connectivity index (χ3v) is 4.96. The van der Waals surface area contributed by atoms with Crippen molar-refractivity contribution in [1.82, 2.24) is 0 Å². The highest BCUT2D eigenvalue weighted by atomic mass is 32.2. The van der Waals surface area contributed by atoms with Crippen molar-refractivity contribution >= 4 is 15.8 Å². The van der Waals surface area contributed by atoms with Gasteiger partial charge >= 0.3 is 5.97 Å². The summed E-state index contributed by atoms with van der Waals surface area (Å²) in [5, 5.41) is 8.79. The molecule has 0 saturated heterocycles. The fourth-order valence-electron chi connectivity index (χ4n) is 1.24. The molecule has 1 N–H and O–H groups in total. The summed E-state index contributed by atoms with van der Waals surface area (Å²) >= 11 is 0. The van der Waals surface area contributed by atoms with Crippen molar-refractivity contribution in [2.24, 2.45) is 0 Å². The quantitative estimate of drug-likeness (QED) is 0.898. The van der Waals surface area contributed by atoms with Crippen molar-refractivity contribution in [3.05, 3.63) is 23.2 Å². The SMILES string of the molecule is Cc1cc(CS(=O)(=O)C(C)(C)C)oc1C(=O)O. The van der Waals surface area contributed by atoms with Crippen molar-refractivity contribution in [3.8, 4) is 0 Å². The van der Waals surface area contributed by atoms with E-state index in [2.05, 4.69) is 0 Å². The highest BCUT2D eigenvalue weighted by molar-refractivity contribution is 7.91. The zero-order valence-electron chi connectivity index (χ0n) is 10.3. The number of furan rings is 1. The van der Waals surface area contributed by atoms with Crippen molar-refractivity contribution in [2.45, 2.75) is 38.2 Å². The van der Waals surface area contributed by atoms with E-state index in [0.29, 0.717) is 5.56 Å². The largest absolute Gasteiger partial charge is 0.475 e. The second-order valence-corrected chi connectivity index (χ2v) is 7.64. The molecule has 0 fully saturated rings. The molecule has 1 heterocycles. The molecule has 0 aliphatic rings. The number of hydrogen-bond acceptors (Lipinski definition) is 4. The molecule has 96 valence electrons. The molecule has 0 radical (unpaired) electrons. The zero-order valence-corrected chi connectivity index (χ0v) is 11.1. The fourth-order valence-corrected chi connectivity index (χ4v) is 2.19. The molecule has 17 heavy (non-hydrogen) atoms. The van der Waals surface area contributed by atoms with E-state index in [0.717, 1.165) is 0 Å². The van der Waals surface area contributed by atoms with Crippen LogP contribution in [0.4, 0.5) is 0 Å². The predicted octanol–water partition coefficient (Wildman–Crippen LogP) is 2.00. The lowest BCUT2D eigenvalue weighted by molar-refractivity contribution is 0.0659. The van der Waals surface area contributed by atoms with Crippen LogP contribution in [0.1, 0.15) is 42.6 Å². The van der Waals surface area contributed by atoms with Gasteiger partial charge in [0, 0.05) is 5.56 Å². The van der Waals surface area contributed by atoms with Crippen LogP contribution in [0.2, 0.25) is 0 Å². The van der Waals surface area contributed by atoms with Crippen LogP contribution in [0.15, 0.2) is 10.5 Å². The normalized spacial score (nSPS) is 12.7. The van der Waals surface area contributed by atoms with Gasteiger partial charge in [0.1, 0.15) is 11.5 Å². The van der Waals surface area contributed by atoms with Crippen LogP contribution >= 0.6 is 0 Å². The highest BCUT2D eigenvalue weighted by Gasteiger charge is 2.30. The van der Waals surface area contributed by atoms with Gasteiger partial charge in [0.05, 0.1) is 4.75 Å². The Balaban J connectivity index is 3.06. The fraction of sp³-hybridized carbons (Fsp3) is 0.545. The number of hydrogen-bond donors (Lipinski definition) is 1. The van der Waals surface area contributed by atoms with Crippen LogP contribution in [0.25, 0.3) is 0 Å². The summed E-state index contributed by atoms with van der Waals surface area (Å²) in [6.07, 6.45) is 0. The molecule has 0 aromatic carbocycles. The molecule has 0 unspecified atom stereocenters. The number of rotatable bonds is 3. The number of carbonyl (C=O) groups is 1. The maximum Gasteiger partial charge on any atom is 0.372 e. The number of aryl methyl sites for hydroxylation is 1. The van der Waals surface area contributed by atoms with Gasteiger partial charge in [0.2, 0.25) is 5.76 Å². The third kappa shape index (κ3) is 2.88. The van der Waals surface area contributed by atoms with E-state index in [1.165, 1.54) is 6.07 Å². The topological polar surface area (TPSA) is 84.6 Å². The molecule has 0 aliphatic heterocycles. The standard InChI is InChI=1S/C11H16O5S/c1-7-5-8(16-9(7)10(12)13)6-17(14,15)11(2,3)4/h5H,6H2,1-4H3,(H,12,13). The Labute approximate surface area is 100 Å². The van der Waals surface area contributed by atoms with Crippen molar-refractivity contribution in [2.75, 3.05) is 0 Å². The van der Waals surface area contributed by atoms with E-state index >= 15 is 0 Å². The highest BCUT2D eigenvalue weighted by Crippen LogP contribution is 2.23. The maximum absolute atomic E-state index is 11.9. The lowest BCUT2D eigenvalue weighted by Crippen LogP contribution is -2.29. The van der Waals surface area contributed by atoms with Crippen molar-refractivity contribution in [1.29, 1.82) is 0 Å². The summed E-state index contributed by atoms with van der Waals surface area (Å²) in [5.41, 5.74) is 0.427. The first-order valence-electron chi connectivity index (χ1n) is 5.09. The van der Waals surface area contributed by atoms with Gasteiger partial charge in [-0.3, -0.25) is 0 Å². The van der Waals surface area contributed by atoms with Crippen LogP contribution in [-0.2, 0) is 15.6 Å². The molecule has 1 aromatic rings. The van der Waals surface area contributed by atoms with Crippen LogP contribution < -0.4 is 0 Å². The summed E-state index contributed by atoms with van der Waals surface area (Å²) in [7, 11) is -3.37. The van der Waals surface area contributed by atoms with E-state index in [9.17, 15) is 13.2 Å². The molecule has 0 aliphatic carbocycles. The predicted molar refractivity (Wildman–Crippen MR) is 62.8 cm³/mol. The van der Waals surface area contributed by atoms with Crippen LogP contribution in [0, 0.1) is 6.92 Å². The van der Waals surface area contributed by atoms with Gasteiger partial charge < -0.3 is 9.52 Å². The van der Waals surface area contributed by atoms with E-state index in [4.69, 9.17) is 9.52 Å². The minimum Gasteiger partial charge on any atom is -0.475 e. The smallest absolute Gasteiger partial charge is 0.372 e. The Morgan fingerprint density at radius 2 is 1.94 bits per heavy atom. The Morgan fingerprint density at radius 3 is 2.29 bits per heavy atom. The second-order valence-electron chi connectivity index (χ2n) is 4.90. The number of carboxylic acid groups (broad SMARTS) is 1. The monoisotopic (exact) mass is 260 g/mol. The molecule has 0 spiro atoms. The molecule has 1 rings (SSSR count). The van der Waals surface area contributed by atoms with Gasteiger partial charge in [-0.1, -0.05) is 0 Å². The number of aromatic carboxylic acids is 1. The van der Waals surface area contributed by atoms with Gasteiger partial charge in [-0.05, 0) is 33.8 Å². The van der Waals surface area contributed by atoms with E-state index in [1.54, 1.807) is 27.7 Å². The molecule has 0 atom stereocenters. The maximum atomic E-state index is 11.9. The first-order chi connectivity index (χ1) is 7.54. The molecule has 0 saturated carbocycles. The molecular weight excluding hydrogens is 244 g/mol. The van der Waals surface area contributed by atoms with Crippen LogP contribution in [0.3, 0.4) is 0 Å². The molecular formula is C11H16O5S. The van der Waals surface area contributed by atoms with Gasteiger partial charge in [-0.2, -0.15) is 0 Å². The Morgan fingerprint density at radius 1 is 1.41 bits per heavy atom. The van der Waals surface area contributed by atoms with E-state index in [-0.39, 0.29) is 17.3 Å². The van der Waals surface area contributed by atoms with Crippen LogP contribution in [-0.4, -0.2) is 24.2 Å². The Hall–Kier alpha value is -1.30. The minimum atomic E-state index is -3.37. The third-order valence-electron chi connectivity index (χ3n) is 2.43. The molecule has 0 bridgehead atoms. The summed E-state index contributed by atoms with van der Waals surface area (Å²) in [4.78, 5) is 10.8. The van der Waals surface area contributed by atoms with Crippen LogP contribution in [0.5, 0.6) is 0 Å². The Kier molecular flexibility index (Phi) is 3.38. The molecule has 1 aromatic heterocycles. The van der Waals surface area contributed by atoms with E-state index < -0.39 is 20.6 Å². The van der Waals surface area contributed by atoms with Gasteiger partial charge in [0.25, 0.3) is 0 Å².